The molecule has 0 fully saturated rings. The van der Waals surface area contributed by atoms with Gasteiger partial charge in [0.25, 0.3) is 0 Å². The number of carbonyl (C=O) groups is 2. The Kier molecular flexibility index (Phi) is 33.2. The molecule has 0 saturated carbocycles. The van der Waals surface area contributed by atoms with Crippen LogP contribution in [0.15, 0.2) is 0 Å². The van der Waals surface area contributed by atoms with E-state index in [1.807, 2.05) is 0 Å². The molecular formula is C36H72N2O2S2. The molecule has 0 aliphatic rings. The summed E-state index contributed by atoms with van der Waals surface area (Å²) in [5.74, 6) is -0.524. The summed E-state index contributed by atoms with van der Waals surface area (Å²) in [6.45, 7) is 4.55. The van der Waals surface area contributed by atoms with Gasteiger partial charge in [-0.05, 0) is 12.8 Å². The molecule has 0 radical (unpaired) electrons. The molecule has 2 atom stereocenters. The molecule has 0 heterocycles. The van der Waals surface area contributed by atoms with Crippen LogP contribution in [0.5, 0.6) is 0 Å². The Balaban J connectivity index is 3.76. The fourth-order valence-corrected chi connectivity index (χ4v) is 8.59. The maximum atomic E-state index is 12.0. The summed E-state index contributed by atoms with van der Waals surface area (Å²) in [7, 11) is 2.96. The van der Waals surface area contributed by atoms with Gasteiger partial charge in [-0.3, -0.25) is 9.59 Å². The molecule has 0 aromatic heterocycles. The molecule has 6 heteroatoms. The van der Waals surface area contributed by atoms with E-state index in [0.717, 1.165) is 38.5 Å². The van der Waals surface area contributed by atoms with E-state index in [1.165, 1.54) is 176 Å². The Morgan fingerprint density at radius 1 is 0.381 bits per heavy atom. The number of hydrogen-bond acceptors (Lipinski definition) is 4. The summed E-state index contributed by atoms with van der Waals surface area (Å²) < 4.78 is 0. The van der Waals surface area contributed by atoms with Crippen LogP contribution in [0.25, 0.3) is 0 Å². The Morgan fingerprint density at radius 2 is 0.571 bits per heavy atom. The number of primary amides is 2. The van der Waals surface area contributed by atoms with Crippen molar-refractivity contribution in [3.63, 3.8) is 0 Å². The zero-order valence-electron chi connectivity index (χ0n) is 28.2. The van der Waals surface area contributed by atoms with Crippen LogP contribution in [0.2, 0.25) is 0 Å². The summed E-state index contributed by atoms with van der Waals surface area (Å²) in [5.41, 5.74) is 11.4. The van der Waals surface area contributed by atoms with Gasteiger partial charge in [0.1, 0.15) is 0 Å². The monoisotopic (exact) mass is 629 g/mol. The third-order valence-electron chi connectivity index (χ3n) is 8.56. The SMILES string of the molecule is CCCCCCCCCCCCCCCCC(SSC(CCCCCCCCCCCCCCCC)C(N)=O)C(N)=O. The number of hydrogen-bond donors (Lipinski definition) is 2. The van der Waals surface area contributed by atoms with E-state index < -0.39 is 0 Å². The van der Waals surface area contributed by atoms with Gasteiger partial charge in [0.05, 0.1) is 10.5 Å². The fraction of sp³-hybridized carbons (Fsp3) is 0.944. The molecule has 0 bridgehead atoms. The highest BCUT2D eigenvalue weighted by atomic mass is 33.1. The first-order valence-electron chi connectivity index (χ1n) is 18.4. The van der Waals surface area contributed by atoms with E-state index in [1.54, 1.807) is 0 Å². The Hall–Kier alpha value is -0.360. The molecule has 0 aliphatic heterocycles. The standard InChI is InChI=1S/C36H72N2O2S2/c1-3-5-7-9-11-13-15-17-19-21-23-25-27-29-31-33(35(37)39)41-42-34(36(38)40)32-30-28-26-24-22-20-18-16-14-12-10-8-6-4-2/h33-34H,3-32H2,1-2H3,(H2,37,39)(H2,38,40). The van der Waals surface area contributed by atoms with Gasteiger partial charge in [-0.25, -0.2) is 0 Å². The van der Waals surface area contributed by atoms with Crippen LogP contribution in [-0.2, 0) is 9.59 Å². The van der Waals surface area contributed by atoms with Crippen LogP contribution in [0.3, 0.4) is 0 Å². The predicted molar refractivity (Wildman–Crippen MR) is 191 cm³/mol. The molecule has 0 rings (SSSR count). The summed E-state index contributed by atoms with van der Waals surface area (Å²) in [6.07, 6.45) is 38.7. The van der Waals surface area contributed by atoms with Crippen molar-refractivity contribution in [2.75, 3.05) is 0 Å². The Bertz CT molecular complexity index is 541. The first kappa shape index (κ1) is 41.6. The molecule has 0 aromatic rings. The van der Waals surface area contributed by atoms with Gasteiger partial charge >= 0.3 is 0 Å². The summed E-state index contributed by atoms with van der Waals surface area (Å²) in [6, 6.07) is 0. The number of nitrogens with two attached hydrogens (primary N) is 2. The quantitative estimate of drug-likeness (QED) is 0.0540. The van der Waals surface area contributed by atoms with Crippen molar-refractivity contribution in [2.24, 2.45) is 11.5 Å². The van der Waals surface area contributed by atoms with Crippen molar-refractivity contribution >= 4 is 33.4 Å². The van der Waals surface area contributed by atoms with Gasteiger partial charge < -0.3 is 11.5 Å². The Labute approximate surface area is 270 Å². The zero-order valence-corrected chi connectivity index (χ0v) is 29.8. The van der Waals surface area contributed by atoms with E-state index in [2.05, 4.69) is 13.8 Å². The lowest BCUT2D eigenvalue weighted by Gasteiger charge is -2.16. The van der Waals surface area contributed by atoms with E-state index in [0.29, 0.717) is 0 Å². The van der Waals surface area contributed by atoms with Crippen LogP contribution < -0.4 is 11.5 Å². The first-order valence-corrected chi connectivity index (χ1v) is 20.7. The average Bonchev–Trinajstić information content (AvgIpc) is 2.97. The lowest BCUT2D eigenvalue weighted by molar-refractivity contribution is -0.118. The summed E-state index contributed by atoms with van der Waals surface area (Å²) in [4.78, 5) is 24.0. The van der Waals surface area contributed by atoms with Gasteiger partial charge in [-0.1, -0.05) is 215 Å². The normalized spacial score (nSPS) is 12.9. The second-order valence-electron chi connectivity index (χ2n) is 12.7. The van der Waals surface area contributed by atoms with Crippen molar-refractivity contribution in [3.05, 3.63) is 0 Å². The lowest BCUT2D eigenvalue weighted by Crippen LogP contribution is -2.28. The van der Waals surface area contributed by atoms with E-state index >= 15 is 0 Å². The molecular weight excluding hydrogens is 557 g/mol. The second kappa shape index (κ2) is 33.5. The minimum absolute atomic E-state index is 0.231. The number of unbranched alkanes of at least 4 members (excludes halogenated alkanes) is 26. The summed E-state index contributed by atoms with van der Waals surface area (Å²) >= 11 is 0. The number of rotatable bonds is 35. The molecule has 2 amide bonds. The maximum Gasteiger partial charge on any atom is 0.231 e. The minimum atomic E-state index is -0.262. The van der Waals surface area contributed by atoms with E-state index in [9.17, 15) is 9.59 Å². The van der Waals surface area contributed by atoms with Crippen LogP contribution >= 0.6 is 21.6 Å². The number of amides is 2. The highest BCUT2D eigenvalue weighted by Gasteiger charge is 2.22. The molecule has 250 valence electrons. The van der Waals surface area contributed by atoms with Crippen LogP contribution in [0.1, 0.15) is 206 Å². The second-order valence-corrected chi connectivity index (χ2v) is 15.4. The smallest absolute Gasteiger partial charge is 0.231 e. The predicted octanol–water partition coefficient (Wildman–Crippen LogP) is 11.8. The van der Waals surface area contributed by atoms with E-state index in [4.69, 9.17) is 11.5 Å². The molecule has 4 N–H and O–H groups in total. The molecule has 4 nitrogen and oxygen atoms in total. The fourth-order valence-electron chi connectivity index (χ4n) is 5.66. The minimum Gasteiger partial charge on any atom is -0.369 e. The van der Waals surface area contributed by atoms with Gasteiger partial charge in [0.15, 0.2) is 0 Å². The van der Waals surface area contributed by atoms with Crippen molar-refractivity contribution in [1.82, 2.24) is 0 Å². The molecule has 0 aliphatic carbocycles. The molecule has 42 heavy (non-hydrogen) atoms. The Morgan fingerprint density at radius 3 is 0.762 bits per heavy atom. The number of carbonyl (C=O) groups excluding carboxylic acids is 2. The van der Waals surface area contributed by atoms with Gasteiger partial charge in [0, 0.05) is 0 Å². The van der Waals surface area contributed by atoms with Gasteiger partial charge in [0.2, 0.25) is 11.8 Å². The topological polar surface area (TPSA) is 86.2 Å². The largest absolute Gasteiger partial charge is 0.369 e. The van der Waals surface area contributed by atoms with Gasteiger partial charge in [-0.2, -0.15) is 0 Å². The van der Waals surface area contributed by atoms with Crippen molar-refractivity contribution in [2.45, 2.75) is 217 Å². The van der Waals surface area contributed by atoms with Crippen LogP contribution in [0, 0.1) is 0 Å². The molecule has 2 unspecified atom stereocenters. The molecule has 0 aromatic carbocycles. The maximum absolute atomic E-state index is 12.0. The van der Waals surface area contributed by atoms with Crippen molar-refractivity contribution in [1.29, 1.82) is 0 Å². The highest BCUT2D eigenvalue weighted by molar-refractivity contribution is 8.77. The third-order valence-corrected chi connectivity index (χ3v) is 11.8. The molecule has 0 saturated heterocycles. The van der Waals surface area contributed by atoms with Crippen molar-refractivity contribution < 1.29 is 9.59 Å². The van der Waals surface area contributed by atoms with Gasteiger partial charge in [-0.15, -0.1) is 0 Å². The van der Waals surface area contributed by atoms with Crippen molar-refractivity contribution in [3.8, 4) is 0 Å². The van der Waals surface area contributed by atoms with Crippen LogP contribution in [0.4, 0.5) is 0 Å². The highest BCUT2D eigenvalue weighted by Crippen LogP contribution is 2.35. The summed E-state index contributed by atoms with van der Waals surface area (Å²) in [5, 5.41) is -0.462. The zero-order chi connectivity index (χ0) is 30.9. The average molecular weight is 629 g/mol. The first-order chi connectivity index (χ1) is 20.5. The lowest BCUT2D eigenvalue weighted by atomic mass is 10.0. The van der Waals surface area contributed by atoms with E-state index in [-0.39, 0.29) is 22.3 Å². The third kappa shape index (κ3) is 29.7. The molecule has 0 spiro atoms. The van der Waals surface area contributed by atoms with Crippen LogP contribution in [-0.4, -0.2) is 22.3 Å².